The molecule has 0 bridgehead atoms. The van der Waals surface area contributed by atoms with E-state index in [1.807, 2.05) is 12.2 Å². The first-order valence-electron chi connectivity index (χ1n) is 8.52. The third kappa shape index (κ3) is 2.68. The van der Waals surface area contributed by atoms with Crippen LogP contribution in [0, 0.1) is 0 Å². The fourth-order valence-electron chi connectivity index (χ4n) is 3.28. The van der Waals surface area contributed by atoms with Gasteiger partial charge in [0.2, 0.25) is 5.82 Å². The standard InChI is InChI=1S/C18H20N4O3S/c1-18(2)14-11(9-26-18)8-19-15(20-14)16(23)22-10-25-13-7-5-4-6-12(13)21(3)17(22)24/h6-8H,4-5,9-10H2,1-3H3. The molecule has 3 heterocycles. The highest BCUT2D eigenvalue weighted by Crippen LogP contribution is 2.45. The predicted molar refractivity (Wildman–Crippen MR) is 97.0 cm³/mol. The smallest absolute Gasteiger partial charge is 0.334 e. The Morgan fingerprint density at radius 1 is 1.31 bits per heavy atom. The third-order valence-corrected chi connectivity index (χ3v) is 6.15. The lowest BCUT2D eigenvalue weighted by molar-refractivity contribution is 0.0587. The molecule has 1 aliphatic carbocycles. The maximum atomic E-state index is 13.0. The van der Waals surface area contributed by atoms with E-state index in [4.69, 9.17) is 4.74 Å². The number of thioether (sulfide) groups is 1. The van der Waals surface area contributed by atoms with Gasteiger partial charge >= 0.3 is 11.9 Å². The molecule has 1 aromatic heterocycles. The molecule has 0 N–H and O–H groups in total. The number of carbonyl (C=O) groups excluding carboxylic acids is 2. The summed E-state index contributed by atoms with van der Waals surface area (Å²) in [5, 5.41) is 0. The number of allylic oxidation sites excluding steroid dienone is 2. The fraction of sp³-hybridized carbons (Fsp3) is 0.444. The van der Waals surface area contributed by atoms with Crippen molar-refractivity contribution in [2.24, 2.45) is 0 Å². The first-order chi connectivity index (χ1) is 12.4. The van der Waals surface area contributed by atoms with Crippen LogP contribution >= 0.6 is 11.8 Å². The summed E-state index contributed by atoms with van der Waals surface area (Å²) in [7, 11) is 1.64. The average Bonchev–Trinajstić information content (AvgIpc) is 2.88. The van der Waals surface area contributed by atoms with Crippen molar-refractivity contribution in [2.45, 2.75) is 37.2 Å². The zero-order valence-electron chi connectivity index (χ0n) is 15.0. The number of likely N-dealkylation sites (N-methyl/N-ethyl adjacent to an activating group) is 1. The molecule has 0 unspecified atom stereocenters. The van der Waals surface area contributed by atoms with Gasteiger partial charge in [-0.25, -0.2) is 19.7 Å². The van der Waals surface area contributed by atoms with Crippen LogP contribution in [-0.4, -0.2) is 45.5 Å². The van der Waals surface area contributed by atoms with E-state index in [9.17, 15) is 9.59 Å². The van der Waals surface area contributed by atoms with Gasteiger partial charge in [-0.3, -0.25) is 9.69 Å². The molecule has 7 nitrogen and oxygen atoms in total. The van der Waals surface area contributed by atoms with E-state index in [-0.39, 0.29) is 17.3 Å². The van der Waals surface area contributed by atoms with Crippen molar-refractivity contribution >= 4 is 23.7 Å². The molecule has 3 amide bonds. The second kappa shape index (κ2) is 6.12. The van der Waals surface area contributed by atoms with Gasteiger partial charge in [0.25, 0.3) is 0 Å². The molecule has 0 atom stereocenters. The minimum Gasteiger partial charge on any atom is -0.471 e. The maximum Gasteiger partial charge on any atom is 0.334 e. The number of amides is 3. The van der Waals surface area contributed by atoms with Crippen LogP contribution in [0.3, 0.4) is 0 Å². The van der Waals surface area contributed by atoms with E-state index in [0.717, 1.165) is 34.8 Å². The van der Waals surface area contributed by atoms with E-state index < -0.39 is 11.9 Å². The van der Waals surface area contributed by atoms with Crippen LogP contribution in [0.25, 0.3) is 0 Å². The molecular formula is C18H20N4O3S. The quantitative estimate of drug-likeness (QED) is 0.754. The molecule has 0 saturated carbocycles. The van der Waals surface area contributed by atoms with Crippen molar-refractivity contribution in [3.05, 3.63) is 46.9 Å². The second-order valence-electron chi connectivity index (χ2n) is 6.95. The highest BCUT2D eigenvalue weighted by Gasteiger charge is 2.37. The summed E-state index contributed by atoms with van der Waals surface area (Å²) in [5.74, 6) is 0.942. The van der Waals surface area contributed by atoms with Gasteiger partial charge in [-0.05, 0) is 32.8 Å². The zero-order chi connectivity index (χ0) is 18.5. The summed E-state index contributed by atoms with van der Waals surface area (Å²) in [6.45, 7) is 3.99. The molecular weight excluding hydrogens is 352 g/mol. The van der Waals surface area contributed by atoms with Gasteiger partial charge in [-0.1, -0.05) is 6.08 Å². The number of hydrogen-bond acceptors (Lipinski definition) is 6. The Bertz CT molecular complexity index is 862. The molecule has 1 aromatic rings. The maximum absolute atomic E-state index is 13.0. The van der Waals surface area contributed by atoms with Crippen LogP contribution in [0.4, 0.5) is 4.79 Å². The number of rotatable bonds is 1. The topological polar surface area (TPSA) is 75.6 Å². The van der Waals surface area contributed by atoms with Gasteiger partial charge in [-0.2, -0.15) is 0 Å². The molecule has 4 rings (SSSR count). The van der Waals surface area contributed by atoms with E-state index >= 15 is 0 Å². The lowest BCUT2D eigenvalue weighted by Gasteiger charge is -2.23. The average molecular weight is 372 g/mol. The Morgan fingerprint density at radius 2 is 2.08 bits per heavy atom. The van der Waals surface area contributed by atoms with Crippen LogP contribution in [-0.2, 0) is 15.2 Å². The molecule has 0 aromatic carbocycles. The lowest BCUT2D eigenvalue weighted by atomic mass is 10.1. The first kappa shape index (κ1) is 17.1. The Morgan fingerprint density at radius 3 is 2.88 bits per heavy atom. The number of carbonyl (C=O) groups is 2. The van der Waals surface area contributed by atoms with E-state index in [1.165, 1.54) is 4.90 Å². The zero-order valence-corrected chi connectivity index (χ0v) is 15.8. The van der Waals surface area contributed by atoms with Gasteiger partial charge in [0.1, 0.15) is 5.76 Å². The van der Waals surface area contributed by atoms with Crippen molar-refractivity contribution in [2.75, 3.05) is 13.8 Å². The summed E-state index contributed by atoms with van der Waals surface area (Å²) in [6, 6.07) is -0.440. The van der Waals surface area contributed by atoms with Gasteiger partial charge in [0.05, 0.1) is 16.1 Å². The fourth-order valence-corrected chi connectivity index (χ4v) is 4.32. The Labute approximate surface area is 156 Å². The summed E-state index contributed by atoms with van der Waals surface area (Å²) < 4.78 is 5.54. The van der Waals surface area contributed by atoms with Crippen LogP contribution in [0.2, 0.25) is 0 Å². The SMILES string of the molecule is CN1C(=O)N(C(=O)c2ncc3c(n2)C(C)(C)SC3)COC2=CCCC=C21. The summed E-state index contributed by atoms with van der Waals surface area (Å²) in [5.41, 5.74) is 2.59. The van der Waals surface area contributed by atoms with Crippen LogP contribution < -0.4 is 0 Å². The molecule has 0 radical (unpaired) electrons. The summed E-state index contributed by atoms with van der Waals surface area (Å²) in [6.07, 6.45) is 7.28. The van der Waals surface area contributed by atoms with Crippen LogP contribution in [0.5, 0.6) is 0 Å². The molecule has 136 valence electrons. The number of urea groups is 1. The normalized spacial score (nSPS) is 21.3. The highest BCUT2D eigenvalue weighted by molar-refractivity contribution is 7.99. The summed E-state index contributed by atoms with van der Waals surface area (Å²) >= 11 is 1.76. The Balaban J connectivity index is 1.65. The van der Waals surface area contributed by atoms with Crippen molar-refractivity contribution < 1.29 is 14.3 Å². The highest BCUT2D eigenvalue weighted by atomic mass is 32.2. The van der Waals surface area contributed by atoms with E-state index in [2.05, 4.69) is 23.8 Å². The number of aromatic nitrogens is 2. The number of ether oxygens (including phenoxy) is 1. The van der Waals surface area contributed by atoms with Gasteiger partial charge in [0, 0.05) is 24.6 Å². The number of imide groups is 1. The number of nitrogens with zero attached hydrogens (tertiary/aromatic N) is 4. The van der Waals surface area contributed by atoms with Crippen molar-refractivity contribution in [1.82, 2.24) is 19.8 Å². The second-order valence-corrected chi connectivity index (χ2v) is 8.55. The Hall–Kier alpha value is -2.35. The van der Waals surface area contributed by atoms with Crippen molar-refractivity contribution in [3.8, 4) is 0 Å². The molecule has 1 fully saturated rings. The molecule has 2 aliphatic heterocycles. The summed E-state index contributed by atoms with van der Waals surface area (Å²) in [4.78, 5) is 36.9. The number of hydrogen-bond donors (Lipinski definition) is 0. The third-order valence-electron chi connectivity index (χ3n) is 4.77. The molecule has 26 heavy (non-hydrogen) atoms. The predicted octanol–water partition coefficient (Wildman–Crippen LogP) is 3.00. The van der Waals surface area contributed by atoms with Gasteiger partial charge in [0.15, 0.2) is 6.73 Å². The molecule has 3 aliphatic rings. The van der Waals surface area contributed by atoms with Gasteiger partial charge < -0.3 is 4.74 Å². The molecule has 1 saturated heterocycles. The molecule has 0 spiro atoms. The largest absolute Gasteiger partial charge is 0.471 e. The van der Waals surface area contributed by atoms with Crippen molar-refractivity contribution in [1.29, 1.82) is 0 Å². The van der Waals surface area contributed by atoms with Crippen LogP contribution in [0.1, 0.15) is 48.6 Å². The minimum atomic E-state index is -0.544. The number of fused-ring (bicyclic) bond motifs is 2. The Kier molecular flexibility index (Phi) is 4.02. The lowest BCUT2D eigenvalue weighted by Crippen LogP contribution is -2.43. The monoisotopic (exact) mass is 372 g/mol. The van der Waals surface area contributed by atoms with E-state index in [0.29, 0.717) is 11.5 Å². The first-order valence-corrected chi connectivity index (χ1v) is 9.50. The molecule has 8 heteroatoms. The van der Waals surface area contributed by atoms with E-state index in [1.54, 1.807) is 25.0 Å². The van der Waals surface area contributed by atoms with Gasteiger partial charge in [-0.15, -0.1) is 11.8 Å². The van der Waals surface area contributed by atoms with Crippen LogP contribution in [0.15, 0.2) is 29.8 Å². The van der Waals surface area contributed by atoms with Crippen molar-refractivity contribution in [3.63, 3.8) is 0 Å². The minimum absolute atomic E-state index is 0.0255.